The van der Waals surface area contributed by atoms with E-state index in [2.05, 4.69) is 26.2 Å². The van der Waals surface area contributed by atoms with E-state index in [1.165, 1.54) is 11.3 Å². The molecule has 1 N–H and O–H groups in total. The maximum absolute atomic E-state index is 11.8. The Morgan fingerprint density at radius 1 is 1.59 bits per heavy atom. The molecule has 17 heavy (non-hydrogen) atoms. The summed E-state index contributed by atoms with van der Waals surface area (Å²) in [6.07, 6.45) is 1.66. The number of aromatic nitrogens is 1. The second kappa shape index (κ2) is 5.61. The molecule has 0 bridgehead atoms. The number of hydrogen-bond acceptors (Lipinski definition) is 4. The summed E-state index contributed by atoms with van der Waals surface area (Å²) in [6.45, 7) is 0.571. The Kier molecular flexibility index (Phi) is 4.14. The number of nitrogens with zero attached hydrogens (tertiary/aromatic N) is 2. The molecule has 0 aromatic carbocycles. The molecule has 2 heterocycles. The number of anilines is 1. The lowest BCUT2D eigenvalue weighted by Crippen LogP contribution is -2.30. The van der Waals surface area contributed by atoms with Gasteiger partial charge in [0.05, 0.1) is 0 Å². The van der Waals surface area contributed by atoms with Crippen molar-refractivity contribution < 1.29 is 4.79 Å². The Labute approximate surface area is 115 Å². The third kappa shape index (κ3) is 3.27. The first-order chi connectivity index (χ1) is 8.16. The maximum Gasteiger partial charge on any atom is 0.323 e. The molecule has 2 rings (SSSR count). The average molecular weight is 332 g/mol. The summed E-state index contributed by atoms with van der Waals surface area (Å²) in [5, 5.41) is 9.20. The van der Waals surface area contributed by atoms with Gasteiger partial charge in [0.1, 0.15) is 0 Å². The lowest BCUT2D eigenvalue weighted by Gasteiger charge is -2.16. The molecule has 0 aliphatic carbocycles. The largest absolute Gasteiger partial charge is 0.323 e. The highest BCUT2D eigenvalue weighted by Crippen LogP contribution is 2.22. The molecule has 0 atom stereocenters. The standard InChI is InChI=1S/C10H10BrN3OS2/c1-14(4-7-5-16-6-8(7)11)10(15)13-9-12-2-3-17-9/h2-3,5-6H,4H2,1H3,(H,12,13,15). The van der Waals surface area contributed by atoms with E-state index in [1.54, 1.807) is 29.5 Å². The van der Waals surface area contributed by atoms with Crippen LogP contribution in [0, 0.1) is 0 Å². The molecule has 0 radical (unpaired) electrons. The number of thiophene rings is 1. The van der Waals surface area contributed by atoms with Crippen molar-refractivity contribution in [2.45, 2.75) is 6.54 Å². The fraction of sp³-hybridized carbons (Fsp3) is 0.200. The van der Waals surface area contributed by atoms with Crippen molar-refractivity contribution in [3.63, 3.8) is 0 Å². The van der Waals surface area contributed by atoms with Crippen LogP contribution in [0.25, 0.3) is 0 Å². The van der Waals surface area contributed by atoms with Crippen molar-refractivity contribution in [2.24, 2.45) is 0 Å². The van der Waals surface area contributed by atoms with E-state index >= 15 is 0 Å². The average Bonchev–Trinajstić information content (AvgIpc) is 2.91. The number of amides is 2. The van der Waals surface area contributed by atoms with E-state index < -0.39 is 0 Å². The second-order valence-corrected chi connectivity index (χ2v) is 5.86. The van der Waals surface area contributed by atoms with Crippen molar-refractivity contribution in [1.29, 1.82) is 0 Å². The lowest BCUT2D eigenvalue weighted by atomic mass is 10.3. The summed E-state index contributed by atoms with van der Waals surface area (Å²) in [4.78, 5) is 17.4. The van der Waals surface area contributed by atoms with Gasteiger partial charge in [-0.2, -0.15) is 11.3 Å². The van der Waals surface area contributed by atoms with E-state index in [0.29, 0.717) is 11.7 Å². The van der Waals surface area contributed by atoms with Gasteiger partial charge in [0, 0.05) is 35.0 Å². The van der Waals surface area contributed by atoms with Gasteiger partial charge in [-0.05, 0) is 26.9 Å². The fourth-order valence-corrected chi connectivity index (χ4v) is 3.16. The zero-order valence-corrected chi connectivity index (χ0v) is 12.2. The van der Waals surface area contributed by atoms with Crippen molar-refractivity contribution in [2.75, 3.05) is 12.4 Å². The summed E-state index contributed by atoms with van der Waals surface area (Å²) in [6, 6.07) is -0.155. The summed E-state index contributed by atoms with van der Waals surface area (Å²) in [5.74, 6) is 0. The van der Waals surface area contributed by atoms with Crippen molar-refractivity contribution >= 4 is 49.8 Å². The van der Waals surface area contributed by atoms with Gasteiger partial charge >= 0.3 is 6.03 Å². The van der Waals surface area contributed by atoms with Gasteiger partial charge in [-0.1, -0.05) is 0 Å². The Bertz CT molecular complexity index is 497. The Morgan fingerprint density at radius 2 is 2.41 bits per heavy atom. The molecule has 0 unspecified atom stereocenters. The number of nitrogens with one attached hydrogen (secondary N) is 1. The molecule has 0 saturated heterocycles. The van der Waals surface area contributed by atoms with Gasteiger partial charge < -0.3 is 4.90 Å². The molecule has 4 nitrogen and oxygen atoms in total. The Hall–Kier alpha value is -0.920. The smallest absolute Gasteiger partial charge is 0.323 e. The van der Waals surface area contributed by atoms with Gasteiger partial charge in [0.2, 0.25) is 0 Å². The molecule has 0 aliphatic heterocycles. The Balaban J connectivity index is 1.94. The van der Waals surface area contributed by atoms with Crippen LogP contribution in [-0.2, 0) is 6.54 Å². The molecule has 2 aromatic heterocycles. The molecule has 2 amide bonds. The van der Waals surface area contributed by atoms with Crippen LogP contribution in [-0.4, -0.2) is 23.0 Å². The van der Waals surface area contributed by atoms with Crippen molar-refractivity contribution in [1.82, 2.24) is 9.88 Å². The summed E-state index contributed by atoms with van der Waals surface area (Å²) >= 11 is 6.46. The highest BCUT2D eigenvalue weighted by atomic mass is 79.9. The molecule has 90 valence electrons. The SMILES string of the molecule is CN(Cc1cscc1Br)C(=O)Nc1nccs1. The topological polar surface area (TPSA) is 45.2 Å². The Morgan fingerprint density at radius 3 is 3.00 bits per heavy atom. The number of carbonyl (C=O) groups excluding carboxylic acids is 1. The van der Waals surface area contributed by atoms with E-state index in [1.807, 2.05) is 16.1 Å². The minimum Gasteiger partial charge on any atom is -0.323 e. The van der Waals surface area contributed by atoms with Gasteiger partial charge in [-0.25, -0.2) is 9.78 Å². The van der Waals surface area contributed by atoms with E-state index in [0.717, 1.165) is 10.0 Å². The van der Waals surface area contributed by atoms with Gasteiger partial charge in [-0.3, -0.25) is 5.32 Å². The van der Waals surface area contributed by atoms with E-state index in [-0.39, 0.29) is 6.03 Å². The van der Waals surface area contributed by atoms with Crippen molar-refractivity contribution in [3.8, 4) is 0 Å². The molecular weight excluding hydrogens is 322 g/mol. The quantitative estimate of drug-likeness (QED) is 0.933. The maximum atomic E-state index is 11.8. The van der Waals surface area contributed by atoms with Crippen LogP contribution < -0.4 is 5.32 Å². The van der Waals surface area contributed by atoms with Crippen LogP contribution >= 0.6 is 38.6 Å². The highest BCUT2D eigenvalue weighted by molar-refractivity contribution is 9.10. The minimum absolute atomic E-state index is 0.155. The monoisotopic (exact) mass is 331 g/mol. The third-order valence-corrected chi connectivity index (χ3v) is 4.61. The van der Waals surface area contributed by atoms with Crippen LogP contribution in [0.3, 0.4) is 0 Å². The summed E-state index contributed by atoms with van der Waals surface area (Å²) in [5.41, 5.74) is 1.10. The van der Waals surface area contributed by atoms with Gasteiger partial charge in [0.15, 0.2) is 5.13 Å². The molecule has 2 aromatic rings. The van der Waals surface area contributed by atoms with E-state index in [4.69, 9.17) is 0 Å². The fourth-order valence-electron chi connectivity index (χ4n) is 1.22. The molecule has 0 saturated carbocycles. The predicted octanol–water partition coefficient (Wildman–Crippen LogP) is 3.63. The highest BCUT2D eigenvalue weighted by Gasteiger charge is 2.12. The first-order valence-electron chi connectivity index (χ1n) is 4.79. The van der Waals surface area contributed by atoms with Gasteiger partial charge in [0.25, 0.3) is 0 Å². The van der Waals surface area contributed by atoms with Crippen LogP contribution in [0.1, 0.15) is 5.56 Å². The molecule has 0 fully saturated rings. The van der Waals surface area contributed by atoms with Crippen LogP contribution in [0.2, 0.25) is 0 Å². The second-order valence-electron chi connectivity index (χ2n) is 3.37. The van der Waals surface area contributed by atoms with Crippen LogP contribution in [0.4, 0.5) is 9.93 Å². The third-order valence-electron chi connectivity index (χ3n) is 2.09. The molecule has 0 spiro atoms. The lowest BCUT2D eigenvalue weighted by molar-refractivity contribution is 0.220. The normalized spacial score (nSPS) is 10.2. The van der Waals surface area contributed by atoms with Crippen molar-refractivity contribution in [3.05, 3.63) is 32.4 Å². The summed E-state index contributed by atoms with van der Waals surface area (Å²) < 4.78 is 1.04. The molecular formula is C10H10BrN3OS2. The number of carbonyl (C=O) groups is 1. The molecule has 7 heteroatoms. The number of rotatable bonds is 3. The summed E-state index contributed by atoms with van der Waals surface area (Å²) in [7, 11) is 1.76. The predicted molar refractivity (Wildman–Crippen MR) is 74.6 cm³/mol. The first kappa shape index (κ1) is 12.5. The number of urea groups is 1. The number of hydrogen-bond donors (Lipinski definition) is 1. The van der Waals surface area contributed by atoms with E-state index in [9.17, 15) is 4.79 Å². The van der Waals surface area contributed by atoms with Gasteiger partial charge in [-0.15, -0.1) is 11.3 Å². The zero-order valence-electron chi connectivity index (χ0n) is 9.01. The van der Waals surface area contributed by atoms with Crippen LogP contribution in [0.5, 0.6) is 0 Å². The molecule has 0 aliphatic rings. The minimum atomic E-state index is -0.155. The number of halogens is 1. The number of thiazole rings is 1. The van der Waals surface area contributed by atoms with Crippen LogP contribution in [0.15, 0.2) is 26.8 Å². The first-order valence-corrected chi connectivity index (χ1v) is 7.40. The zero-order chi connectivity index (χ0) is 12.3.